The van der Waals surface area contributed by atoms with Crippen LogP contribution < -0.4 is 0 Å². The molecule has 0 saturated carbocycles. The van der Waals surface area contributed by atoms with Crippen molar-refractivity contribution in [3.05, 3.63) is 17.0 Å². The van der Waals surface area contributed by atoms with Crippen molar-refractivity contribution in [1.82, 2.24) is 14.5 Å². The van der Waals surface area contributed by atoms with Crippen LogP contribution in [0.1, 0.15) is 17.0 Å². The molecular weight excluding hydrogens is 202 g/mol. The minimum Gasteiger partial charge on any atom is -0.281 e. The van der Waals surface area contributed by atoms with Gasteiger partial charge in [0.2, 0.25) is 10.0 Å². The van der Waals surface area contributed by atoms with Crippen LogP contribution in [-0.4, -0.2) is 35.7 Å². The summed E-state index contributed by atoms with van der Waals surface area (Å²) < 4.78 is 24.1. The minimum atomic E-state index is -3.07. The Kier molecular flexibility index (Phi) is 2.11. The first-order valence-corrected chi connectivity index (χ1v) is 6.31. The molecule has 14 heavy (non-hydrogen) atoms. The number of nitrogens with zero attached hydrogens (tertiary/aromatic N) is 2. The van der Waals surface area contributed by atoms with Crippen molar-refractivity contribution in [2.24, 2.45) is 0 Å². The third-order valence-corrected chi connectivity index (χ3v) is 3.82. The minimum absolute atomic E-state index is 0.426. The molecule has 1 aromatic rings. The lowest BCUT2D eigenvalue weighted by atomic mass is 10.1. The Morgan fingerprint density at radius 3 is 2.86 bits per heavy atom. The van der Waals surface area contributed by atoms with Crippen LogP contribution in [0.15, 0.2) is 0 Å². The highest BCUT2D eigenvalue weighted by molar-refractivity contribution is 7.88. The molecule has 0 fully saturated rings. The zero-order valence-electron chi connectivity index (χ0n) is 8.24. The monoisotopic (exact) mass is 215 g/mol. The second-order valence-corrected chi connectivity index (χ2v) is 5.60. The first-order chi connectivity index (χ1) is 6.48. The summed E-state index contributed by atoms with van der Waals surface area (Å²) in [6.07, 6.45) is 1.99. The molecule has 2 rings (SSSR count). The molecule has 0 aromatic carbocycles. The number of H-pyrrole nitrogens is 1. The molecular formula is C8H13N3O2S. The number of fused-ring (bicyclic) bond motifs is 1. The van der Waals surface area contributed by atoms with Crippen molar-refractivity contribution in [3.8, 4) is 0 Å². The van der Waals surface area contributed by atoms with E-state index in [-0.39, 0.29) is 0 Å². The molecule has 1 aliphatic heterocycles. The Hall–Kier alpha value is -0.880. The number of nitrogens with one attached hydrogen (secondary N) is 1. The summed E-state index contributed by atoms with van der Waals surface area (Å²) in [7, 11) is -3.07. The van der Waals surface area contributed by atoms with Crippen LogP contribution in [0, 0.1) is 6.92 Å². The number of aromatic amines is 1. The molecule has 0 amide bonds. The predicted molar refractivity (Wildman–Crippen MR) is 52.3 cm³/mol. The zero-order valence-corrected chi connectivity index (χ0v) is 9.06. The molecule has 0 unspecified atom stereocenters. The lowest BCUT2D eigenvalue weighted by Crippen LogP contribution is -2.35. The normalized spacial score (nSPS) is 18.1. The highest BCUT2D eigenvalue weighted by atomic mass is 32.2. The molecule has 1 aliphatic rings. The quantitative estimate of drug-likeness (QED) is 0.719. The van der Waals surface area contributed by atoms with E-state index in [1.165, 1.54) is 16.1 Å². The Morgan fingerprint density at radius 1 is 1.50 bits per heavy atom. The van der Waals surface area contributed by atoms with Gasteiger partial charge >= 0.3 is 0 Å². The lowest BCUT2D eigenvalue weighted by Gasteiger charge is -2.24. The van der Waals surface area contributed by atoms with Crippen LogP contribution in [0.3, 0.4) is 0 Å². The van der Waals surface area contributed by atoms with Crippen molar-refractivity contribution in [3.63, 3.8) is 0 Å². The third kappa shape index (κ3) is 1.55. The van der Waals surface area contributed by atoms with E-state index in [1.807, 2.05) is 6.92 Å². The van der Waals surface area contributed by atoms with Crippen LogP contribution >= 0.6 is 0 Å². The van der Waals surface area contributed by atoms with Gasteiger partial charge in [-0.05, 0) is 18.9 Å². The van der Waals surface area contributed by atoms with Crippen LogP contribution in [0.5, 0.6) is 0 Å². The van der Waals surface area contributed by atoms with Crippen LogP contribution in [0.25, 0.3) is 0 Å². The van der Waals surface area contributed by atoms with Gasteiger partial charge in [-0.15, -0.1) is 0 Å². The van der Waals surface area contributed by atoms with E-state index in [1.54, 1.807) is 0 Å². The molecule has 78 valence electrons. The van der Waals surface area contributed by atoms with Crippen molar-refractivity contribution < 1.29 is 8.42 Å². The Bertz CT molecular complexity index is 449. The lowest BCUT2D eigenvalue weighted by molar-refractivity contribution is 0.390. The molecule has 2 heterocycles. The molecule has 6 heteroatoms. The van der Waals surface area contributed by atoms with E-state index in [0.29, 0.717) is 13.1 Å². The number of aryl methyl sites for hydroxylation is 1. The number of rotatable bonds is 1. The van der Waals surface area contributed by atoms with Crippen molar-refractivity contribution in [2.75, 3.05) is 12.8 Å². The largest absolute Gasteiger partial charge is 0.281 e. The van der Waals surface area contributed by atoms with Gasteiger partial charge < -0.3 is 0 Å². The topological polar surface area (TPSA) is 66.1 Å². The standard InChI is InChI=1S/C8H13N3O2S/c1-6-7-3-4-11(14(2,12)13)5-8(7)10-9-6/h3-5H2,1-2H3,(H,9,10). The van der Waals surface area contributed by atoms with Crippen molar-refractivity contribution in [2.45, 2.75) is 19.9 Å². The summed E-state index contributed by atoms with van der Waals surface area (Å²) in [6, 6.07) is 0. The number of hydrogen-bond acceptors (Lipinski definition) is 3. The van der Waals surface area contributed by atoms with E-state index in [2.05, 4.69) is 10.2 Å². The molecule has 1 aromatic heterocycles. The van der Waals surface area contributed by atoms with Crippen LogP contribution in [0.2, 0.25) is 0 Å². The summed E-state index contributed by atoms with van der Waals surface area (Å²) in [5.74, 6) is 0. The summed E-state index contributed by atoms with van der Waals surface area (Å²) >= 11 is 0. The predicted octanol–water partition coefficient (Wildman–Crippen LogP) is 0.0358. The van der Waals surface area contributed by atoms with E-state index in [4.69, 9.17) is 0 Å². The SMILES string of the molecule is Cc1n[nH]c2c1CCN(S(C)(=O)=O)C2. The van der Waals surface area contributed by atoms with Crippen molar-refractivity contribution in [1.29, 1.82) is 0 Å². The van der Waals surface area contributed by atoms with E-state index < -0.39 is 10.0 Å². The maximum atomic E-state index is 11.3. The number of hydrogen-bond donors (Lipinski definition) is 1. The molecule has 0 saturated heterocycles. The molecule has 0 spiro atoms. The summed E-state index contributed by atoms with van der Waals surface area (Å²) in [5, 5.41) is 6.94. The second-order valence-electron chi connectivity index (χ2n) is 3.61. The van der Waals surface area contributed by atoms with Gasteiger partial charge in [-0.3, -0.25) is 5.10 Å². The average molecular weight is 215 g/mol. The fraction of sp³-hybridized carbons (Fsp3) is 0.625. The molecule has 1 N–H and O–H groups in total. The van der Waals surface area contributed by atoms with Crippen LogP contribution in [0.4, 0.5) is 0 Å². The molecule has 5 nitrogen and oxygen atoms in total. The van der Waals surface area contributed by atoms with Gasteiger partial charge in [0.25, 0.3) is 0 Å². The average Bonchev–Trinajstić information content (AvgIpc) is 2.46. The summed E-state index contributed by atoms with van der Waals surface area (Å²) in [5.41, 5.74) is 3.08. The number of sulfonamides is 1. The number of aromatic nitrogens is 2. The van der Waals surface area contributed by atoms with Gasteiger partial charge in [0.05, 0.1) is 24.2 Å². The first-order valence-electron chi connectivity index (χ1n) is 4.46. The maximum Gasteiger partial charge on any atom is 0.211 e. The summed E-state index contributed by atoms with van der Waals surface area (Å²) in [6.45, 7) is 2.92. The van der Waals surface area contributed by atoms with Gasteiger partial charge in [-0.1, -0.05) is 0 Å². The van der Waals surface area contributed by atoms with Gasteiger partial charge in [-0.25, -0.2) is 8.42 Å². The fourth-order valence-electron chi connectivity index (χ4n) is 1.74. The van der Waals surface area contributed by atoms with Gasteiger partial charge in [0, 0.05) is 6.54 Å². The van der Waals surface area contributed by atoms with Crippen molar-refractivity contribution >= 4 is 10.0 Å². The van der Waals surface area contributed by atoms with E-state index in [9.17, 15) is 8.42 Å². The highest BCUT2D eigenvalue weighted by Crippen LogP contribution is 2.20. The van der Waals surface area contributed by atoms with Gasteiger partial charge in [0.15, 0.2) is 0 Å². The third-order valence-electron chi connectivity index (χ3n) is 2.57. The van der Waals surface area contributed by atoms with Gasteiger partial charge in [0.1, 0.15) is 0 Å². The second kappa shape index (κ2) is 3.06. The molecule has 0 atom stereocenters. The first kappa shape index (κ1) is 9.67. The van der Waals surface area contributed by atoms with Crippen LogP contribution in [-0.2, 0) is 23.0 Å². The Morgan fingerprint density at radius 2 is 2.21 bits per heavy atom. The Balaban J connectivity index is 2.31. The fourth-order valence-corrected chi connectivity index (χ4v) is 2.53. The van der Waals surface area contributed by atoms with E-state index in [0.717, 1.165) is 17.8 Å². The zero-order chi connectivity index (χ0) is 10.3. The molecule has 0 radical (unpaired) electrons. The summed E-state index contributed by atoms with van der Waals surface area (Å²) in [4.78, 5) is 0. The van der Waals surface area contributed by atoms with Gasteiger partial charge in [-0.2, -0.15) is 9.40 Å². The molecule has 0 aliphatic carbocycles. The highest BCUT2D eigenvalue weighted by Gasteiger charge is 2.25. The molecule has 0 bridgehead atoms. The Labute approximate surface area is 83.2 Å². The van der Waals surface area contributed by atoms with E-state index >= 15 is 0 Å². The smallest absolute Gasteiger partial charge is 0.211 e. The maximum absolute atomic E-state index is 11.3.